The molecule has 1 aliphatic rings. The molecule has 2 aromatic carbocycles. The van der Waals surface area contributed by atoms with Crippen molar-refractivity contribution in [3.63, 3.8) is 0 Å². The molecule has 0 saturated heterocycles. The van der Waals surface area contributed by atoms with Crippen molar-refractivity contribution in [3.05, 3.63) is 58.7 Å². The van der Waals surface area contributed by atoms with E-state index in [1.807, 2.05) is 12.1 Å². The molecule has 0 fully saturated rings. The van der Waals surface area contributed by atoms with Gasteiger partial charge in [0.1, 0.15) is 0 Å². The zero-order valence-corrected chi connectivity index (χ0v) is 20.8. The Bertz CT molecular complexity index is 873. The molecule has 172 valence electrons. The number of rotatable bonds is 12. The molecule has 0 bridgehead atoms. The molecule has 0 radical (unpaired) electrons. The fraction of sp³-hybridized carbons (Fsp3) is 0.481. The third-order valence-corrected chi connectivity index (χ3v) is 7.70. The van der Waals surface area contributed by atoms with Gasteiger partial charge < -0.3 is 9.80 Å². The standard InChI is InChI=1S/C27H36N2O2S/c1-5-28(6-2)15-13-24(30)20-9-11-26-22(17-20)19-23-18-21(10-12-27(23)32-26)25(31)14-16-29(7-3)8-4/h9-12,17-18H,5-8,13-16,19H2,1-4H3. The lowest BCUT2D eigenvalue weighted by atomic mass is 9.97. The summed E-state index contributed by atoms with van der Waals surface area (Å²) in [6.07, 6.45) is 1.87. The summed E-state index contributed by atoms with van der Waals surface area (Å²) in [5.74, 6) is 0.409. The fourth-order valence-electron chi connectivity index (χ4n) is 4.19. The summed E-state index contributed by atoms with van der Waals surface area (Å²) >= 11 is 1.74. The maximum atomic E-state index is 12.8. The second-order valence-electron chi connectivity index (χ2n) is 8.32. The summed E-state index contributed by atoms with van der Waals surface area (Å²) in [6, 6.07) is 12.2. The predicted octanol–water partition coefficient (Wildman–Crippen LogP) is 5.57. The van der Waals surface area contributed by atoms with Gasteiger partial charge >= 0.3 is 0 Å². The largest absolute Gasteiger partial charge is 0.303 e. The van der Waals surface area contributed by atoms with Gasteiger partial charge in [0.25, 0.3) is 0 Å². The first-order valence-electron chi connectivity index (χ1n) is 11.9. The van der Waals surface area contributed by atoms with Crippen LogP contribution >= 0.6 is 11.8 Å². The Kier molecular flexibility index (Phi) is 9.09. The first kappa shape index (κ1) is 24.7. The maximum absolute atomic E-state index is 12.8. The van der Waals surface area contributed by atoms with Crippen LogP contribution in [0.5, 0.6) is 0 Å². The van der Waals surface area contributed by atoms with Gasteiger partial charge in [-0.25, -0.2) is 0 Å². The summed E-state index contributed by atoms with van der Waals surface area (Å²) in [5, 5.41) is 0. The molecular weight excluding hydrogens is 416 g/mol. The average molecular weight is 453 g/mol. The van der Waals surface area contributed by atoms with Crippen molar-refractivity contribution in [2.45, 2.75) is 56.7 Å². The van der Waals surface area contributed by atoms with Crippen molar-refractivity contribution in [2.75, 3.05) is 39.3 Å². The van der Waals surface area contributed by atoms with E-state index in [0.717, 1.165) is 56.8 Å². The molecule has 0 amide bonds. The van der Waals surface area contributed by atoms with Crippen LogP contribution in [0.1, 0.15) is 72.4 Å². The third-order valence-electron chi connectivity index (χ3n) is 6.46. The van der Waals surface area contributed by atoms with E-state index in [1.54, 1.807) is 11.8 Å². The molecular formula is C27H36N2O2S. The lowest BCUT2D eigenvalue weighted by Gasteiger charge is -2.21. The number of Topliss-reactive ketones (excluding diaryl/α,β-unsaturated/α-hetero) is 2. The maximum Gasteiger partial charge on any atom is 0.164 e. The highest BCUT2D eigenvalue weighted by molar-refractivity contribution is 7.99. The second kappa shape index (κ2) is 11.8. The van der Waals surface area contributed by atoms with Crippen molar-refractivity contribution in [1.29, 1.82) is 0 Å². The Balaban J connectivity index is 1.70. The summed E-state index contributed by atoms with van der Waals surface area (Å²) in [7, 11) is 0. The number of carbonyl (C=O) groups is 2. The molecule has 0 atom stereocenters. The predicted molar refractivity (Wildman–Crippen MR) is 133 cm³/mol. The molecule has 5 heteroatoms. The highest BCUT2D eigenvalue weighted by atomic mass is 32.2. The van der Waals surface area contributed by atoms with Gasteiger partial charge in [-0.05, 0) is 68.0 Å². The minimum absolute atomic E-state index is 0.204. The summed E-state index contributed by atoms with van der Waals surface area (Å²) in [6.45, 7) is 14.0. The highest BCUT2D eigenvalue weighted by Crippen LogP contribution is 2.40. The number of ketones is 2. The van der Waals surface area contributed by atoms with Gasteiger partial charge in [0.05, 0.1) is 0 Å². The Morgan fingerprint density at radius 1 is 0.719 bits per heavy atom. The average Bonchev–Trinajstić information content (AvgIpc) is 2.82. The molecule has 0 saturated carbocycles. The molecule has 1 aliphatic heterocycles. The monoisotopic (exact) mass is 452 g/mol. The van der Waals surface area contributed by atoms with Crippen molar-refractivity contribution >= 4 is 23.3 Å². The molecule has 0 aliphatic carbocycles. The normalized spacial score (nSPS) is 12.7. The van der Waals surface area contributed by atoms with E-state index < -0.39 is 0 Å². The number of hydrogen-bond donors (Lipinski definition) is 0. The SMILES string of the molecule is CCN(CC)CCC(=O)c1ccc2c(c1)Cc1cc(C(=O)CCN(CC)CC)ccc1S2. The fourth-order valence-corrected chi connectivity index (χ4v) is 5.23. The van der Waals surface area contributed by atoms with Crippen LogP contribution in [0.2, 0.25) is 0 Å². The Morgan fingerprint density at radius 2 is 1.12 bits per heavy atom. The van der Waals surface area contributed by atoms with E-state index in [0.29, 0.717) is 12.8 Å². The van der Waals surface area contributed by atoms with Crippen LogP contribution in [0.3, 0.4) is 0 Å². The second-order valence-corrected chi connectivity index (χ2v) is 9.41. The van der Waals surface area contributed by atoms with Gasteiger partial charge in [0.2, 0.25) is 0 Å². The zero-order chi connectivity index (χ0) is 23.1. The van der Waals surface area contributed by atoms with E-state index in [9.17, 15) is 9.59 Å². The number of benzene rings is 2. The van der Waals surface area contributed by atoms with Crippen LogP contribution in [0.25, 0.3) is 0 Å². The Hall–Kier alpha value is -1.95. The van der Waals surface area contributed by atoms with Gasteiger partial charge in [0.15, 0.2) is 11.6 Å². The van der Waals surface area contributed by atoms with Crippen LogP contribution in [0, 0.1) is 0 Å². The Morgan fingerprint density at radius 3 is 1.50 bits per heavy atom. The van der Waals surface area contributed by atoms with E-state index in [1.165, 1.54) is 20.9 Å². The highest BCUT2D eigenvalue weighted by Gasteiger charge is 2.20. The first-order chi connectivity index (χ1) is 15.5. The van der Waals surface area contributed by atoms with Crippen LogP contribution in [0.15, 0.2) is 46.2 Å². The number of carbonyl (C=O) groups excluding carboxylic acids is 2. The van der Waals surface area contributed by atoms with Crippen LogP contribution < -0.4 is 0 Å². The summed E-state index contributed by atoms with van der Waals surface area (Å²) < 4.78 is 0. The number of hydrogen-bond acceptors (Lipinski definition) is 5. The van der Waals surface area contributed by atoms with Crippen molar-refractivity contribution in [3.8, 4) is 0 Å². The summed E-state index contributed by atoms with van der Waals surface area (Å²) in [4.78, 5) is 32.5. The minimum atomic E-state index is 0.204. The topological polar surface area (TPSA) is 40.6 Å². The van der Waals surface area contributed by atoms with Crippen LogP contribution in [0.4, 0.5) is 0 Å². The van der Waals surface area contributed by atoms with E-state index in [4.69, 9.17) is 0 Å². The third kappa shape index (κ3) is 6.09. The summed E-state index contributed by atoms with van der Waals surface area (Å²) in [5.41, 5.74) is 3.96. The number of nitrogens with zero attached hydrogens (tertiary/aromatic N) is 2. The van der Waals surface area contributed by atoms with Crippen molar-refractivity contribution < 1.29 is 9.59 Å². The van der Waals surface area contributed by atoms with Gasteiger partial charge in [-0.1, -0.05) is 51.6 Å². The first-order valence-corrected chi connectivity index (χ1v) is 12.7. The molecule has 3 rings (SSSR count). The molecule has 2 aromatic rings. The zero-order valence-electron chi connectivity index (χ0n) is 19.9. The molecule has 32 heavy (non-hydrogen) atoms. The Labute approximate surface area is 197 Å². The molecule has 1 heterocycles. The lowest BCUT2D eigenvalue weighted by molar-refractivity contribution is 0.0958. The number of fused-ring (bicyclic) bond motifs is 2. The van der Waals surface area contributed by atoms with E-state index >= 15 is 0 Å². The van der Waals surface area contributed by atoms with Crippen molar-refractivity contribution in [2.24, 2.45) is 0 Å². The van der Waals surface area contributed by atoms with Crippen LogP contribution in [-0.4, -0.2) is 60.6 Å². The van der Waals surface area contributed by atoms with E-state index in [2.05, 4.69) is 61.8 Å². The van der Waals surface area contributed by atoms with Gasteiger partial charge in [-0.3, -0.25) is 9.59 Å². The van der Waals surface area contributed by atoms with Crippen molar-refractivity contribution in [1.82, 2.24) is 9.80 Å². The molecule has 0 spiro atoms. The van der Waals surface area contributed by atoms with Gasteiger partial charge in [-0.15, -0.1) is 0 Å². The van der Waals surface area contributed by atoms with Gasteiger partial charge in [-0.2, -0.15) is 0 Å². The van der Waals surface area contributed by atoms with Crippen LogP contribution in [-0.2, 0) is 6.42 Å². The molecule has 0 N–H and O–H groups in total. The lowest BCUT2D eigenvalue weighted by Crippen LogP contribution is -2.25. The minimum Gasteiger partial charge on any atom is -0.303 e. The molecule has 0 aromatic heterocycles. The molecule has 0 unspecified atom stereocenters. The molecule has 4 nitrogen and oxygen atoms in total. The van der Waals surface area contributed by atoms with Gasteiger partial charge in [0, 0.05) is 46.8 Å². The quantitative estimate of drug-likeness (QED) is 0.336. The van der Waals surface area contributed by atoms with E-state index in [-0.39, 0.29) is 11.6 Å². The smallest absolute Gasteiger partial charge is 0.164 e.